The summed E-state index contributed by atoms with van der Waals surface area (Å²) >= 11 is 3.38. The van der Waals surface area contributed by atoms with E-state index in [0.717, 1.165) is 16.1 Å². The maximum Gasteiger partial charge on any atom is 0.418 e. The Morgan fingerprint density at radius 3 is 2.10 bits per heavy atom. The number of hydrogen-bond donors (Lipinski definition) is 1. The molecule has 3 aromatic carbocycles. The van der Waals surface area contributed by atoms with E-state index in [1.54, 1.807) is 47.0 Å². The maximum absolute atomic E-state index is 13.9. The summed E-state index contributed by atoms with van der Waals surface area (Å²) in [5.41, 5.74) is 7.35. The molecule has 1 aromatic heterocycles. The molecule has 0 aliphatic heterocycles. The number of carbonyl (C=O) groups excluding carboxylic acids is 1. The highest BCUT2D eigenvalue weighted by Gasteiger charge is 2.34. The number of alkyl halides is 3. The number of primary amides is 1. The summed E-state index contributed by atoms with van der Waals surface area (Å²) in [6.45, 7) is 0. The van der Waals surface area contributed by atoms with Crippen molar-refractivity contribution in [1.29, 1.82) is 0 Å². The van der Waals surface area contributed by atoms with Crippen molar-refractivity contribution in [3.8, 4) is 28.2 Å². The fraction of sp³-hybridized carbons (Fsp3) is 0.0417. The second kappa shape index (κ2) is 8.07. The fourth-order valence-electron chi connectivity index (χ4n) is 3.51. The van der Waals surface area contributed by atoms with E-state index in [0.29, 0.717) is 17.0 Å². The molecule has 4 aromatic rings. The van der Waals surface area contributed by atoms with Gasteiger partial charge >= 0.3 is 6.18 Å². The Kier molecular flexibility index (Phi) is 5.45. The molecule has 0 atom stereocenters. The number of benzene rings is 3. The Balaban J connectivity index is 2.02. The largest absolute Gasteiger partial charge is 0.418 e. The van der Waals surface area contributed by atoms with Gasteiger partial charge < -0.3 is 10.3 Å². The number of nitrogens with zero attached hydrogens (tertiary/aromatic N) is 1. The monoisotopic (exact) mass is 484 g/mol. The lowest BCUT2D eigenvalue weighted by molar-refractivity contribution is -0.137. The predicted octanol–water partition coefficient (Wildman–Crippen LogP) is 6.69. The molecule has 0 saturated carbocycles. The van der Waals surface area contributed by atoms with Gasteiger partial charge in [0, 0.05) is 10.0 Å². The minimum atomic E-state index is -4.54. The van der Waals surface area contributed by atoms with Gasteiger partial charge in [0.25, 0.3) is 0 Å². The van der Waals surface area contributed by atoms with Crippen LogP contribution < -0.4 is 5.73 Å². The quantitative estimate of drug-likeness (QED) is 0.344. The predicted molar refractivity (Wildman–Crippen MR) is 118 cm³/mol. The standard InChI is InChI=1S/C24H16BrF3N2O/c25-18-10-8-15(9-11-18)20-12-13-21(16-4-3-5-17(14-16)23(29)31)30(20)22-7-2-1-6-19(22)24(26,27)28/h1-14H,(H2,29,31). The number of halogens is 4. The van der Waals surface area contributed by atoms with Crippen LogP contribution in [-0.2, 0) is 6.18 Å². The molecule has 0 aliphatic carbocycles. The summed E-state index contributed by atoms with van der Waals surface area (Å²) in [6, 6.07) is 22.8. The molecule has 7 heteroatoms. The zero-order valence-corrected chi connectivity index (χ0v) is 17.6. The summed E-state index contributed by atoms with van der Waals surface area (Å²) in [5, 5.41) is 0. The van der Waals surface area contributed by atoms with Gasteiger partial charge in [-0.15, -0.1) is 0 Å². The lowest BCUT2D eigenvalue weighted by Gasteiger charge is -2.19. The molecule has 1 amide bonds. The Labute approximate surface area is 185 Å². The number of carbonyl (C=O) groups is 1. The summed E-state index contributed by atoms with van der Waals surface area (Å²) in [5.74, 6) is -0.608. The van der Waals surface area contributed by atoms with Crippen molar-refractivity contribution < 1.29 is 18.0 Å². The normalized spacial score (nSPS) is 11.5. The van der Waals surface area contributed by atoms with Crippen LogP contribution in [0.15, 0.2) is 89.4 Å². The van der Waals surface area contributed by atoms with Gasteiger partial charge in [0.05, 0.1) is 22.6 Å². The molecule has 4 rings (SSSR count). The lowest BCUT2D eigenvalue weighted by Crippen LogP contribution is -2.12. The van der Waals surface area contributed by atoms with Gasteiger partial charge in [-0.05, 0) is 59.7 Å². The first-order chi connectivity index (χ1) is 14.8. The van der Waals surface area contributed by atoms with Crippen molar-refractivity contribution in [2.45, 2.75) is 6.18 Å². The Hall–Kier alpha value is -3.32. The third kappa shape index (κ3) is 4.14. The zero-order valence-electron chi connectivity index (χ0n) is 16.0. The fourth-order valence-corrected chi connectivity index (χ4v) is 3.77. The number of rotatable bonds is 4. The smallest absolute Gasteiger partial charge is 0.366 e. The minimum absolute atomic E-state index is 0.00241. The number of nitrogens with two attached hydrogens (primary N) is 1. The Morgan fingerprint density at radius 2 is 1.45 bits per heavy atom. The molecule has 0 bridgehead atoms. The van der Waals surface area contributed by atoms with Gasteiger partial charge in [0.2, 0.25) is 5.91 Å². The molecule has 1 heterocycles. The van der Waals surface area contributed by atoms with E-state index in [9.17, 15) is 18.0 Å². The van der Waals surface area contributed by atoms with Crippen LogP contribution >= 0.6 is 15.9 Å². The molecule has 0 radical (unpaired) electrons. The topological polar surface area (TPSA) is 48.0 Å². The van der Waals surface area contributed by atoms with Gasteiger partial charge in [-0.2, -0.15) is 13.2 Å². The molecule has 0 aliphatic rings. The summed E-state index contributed by atoms with van der Waals surface area (Å²) < 4.78 is 44.0. The van der Waals surface area contributed by atoms with E-state index >= 15 is 0 Å². The number of hydrogen-bond acceptors (Lipinski definition) is 1. The molecule has 2 N–H and O–H groups in total. The van der Waals surface area contributed by atoms with Crippen LogP contribution in [0.3, 0.4) is 0 Å². The molecular weight excluding hydrogens is 469 g/mol. The van der Waals surface area contributed by atoms with Gasteiger partial charge in [0.15, 0.2) is 0 Å². The van der Waals surface area contributed by atoms with E-state index < -0.39 is 17.6 Å². The van der Waals surface area contributed by atoms with Crippen LogP contribution in [0.4, 0.5) is 13.2 Å². The molecule has 156 valence electrons. The van der Waals surface area contributed by atoms with Crippen LogP contribution in [0.1, 0.15) is 15.9 Å². The highest BCUT2D eigenvalue weighted by Crippen LogP contribution is 2.39. The van der Waals surface area contributed by atoms with Crippen LogP contribution in [0.5, 0.6) is 0 Å². The van der Waals surface area contributed by atoms with E-state index in [2.05, 4.69) is 15.9 Å². The lowest BCUT2D eigenvalue weighted by atomic mass is 10.1. The number of aromatic nitrogens is 1. The first-order valence-electron chi connectivity index (χ1n) is 9.30. The third-order valence-corrected chi connectivity index (χ3v) is 5.44. The Bertz CT molecular complexity index is 1260. The third-order valence-electron chi connectivity index (χ3n) is 4.91. The van der Waals surface area contributed by atoms with Gasteiger partial charge in [0.1, 0.15) is 0 Å². The molecule has 31 heavy (non-hydrogen) atoms. The average Bonchev–Trinajstić information content (AvgIpc) is 3.19. The van der Waals surface area contributed by atoms with E-state index in [-0.39, 0.29) is 11.3 Å². The van der Waals surface area contributed by atoms with E-state index in [4.69, 9.17) is 5.73 Å². The van der Waals surface area contributed by atoms with Gasteiger partial charge in [-0.1, -0.05) is 52.3 Å². The number of para-hydroxylation sites is 1. The highest BCUT2D eigenvalue weighted by atomic mass is 79.9. The second-order valence-corrected chi connectivity index (χ2v) is 7.82. The van der Waals surface area contributed by atoms with Crippen molar-refractivity contribution >= 4 is 21.8 Å². The molecule has 0 spiro atoms. The van der Waals surface area contributed by atoms with Crippen LogP contribution in [0, 0.1) is 0 Å². The van der Waals surface area contributed by atoms with Crippen molar-refractivity contribution in [1.82, 2.24) is 4.57 Å². The average molecular weight is 485 g/mol. The molecule has 0 unspecified atom stereocenters. The van der Waals surface area contributed by atoms with Gasteiger partial charge in [-0.25, -0.2) is 0 Å². The maximum atomic E-state index is 13.9. The summed E-state index contributed by atoms with van der Waals surface area (Å²) in [4.78, 5) is 11.6. The van der Waals surface area contributed by atoms with Crippen LogP contribution in [-0.4, -0.2) is 10.5 Å². The van der Waals surface area contributed by atoms with E-state index in [1.807, 2.05) is 24.3 Å². The van der Waals surface area contributed by atoms with Gasteiger partial charge in [-0.3, -0.25) is 4.79 Å². The van der Waals surface area contributed by atoms with Crippen molar-refractivity contribution in [2.75, 3.05) is 0 Å². The first kappa shape index (κ1) is 20.9. The molecule has 0 saturated heterocycles. The van der Waals surface area contributed by atoms with Crippen molar-refractivity contribution in [3.05, 3.63) is 101 Å². The summed E-state index contributed by atoms with van der Waals surface area (Å²) in [7, 11) is 0. The summed E-state index contributed by atoms with van der Waals surface area (Å²) in [6.07, 6.45) is -4.54. The SMILES string of the molecule is NC(=O)c1cccc(-c2ccc(-c3ccc(Br)cc3)n2-c2ccccc2C(F)(F)F)c1. The van der Waals surface area contributed by atoms with Crippen molar-refractivity contribution in [3.63, 3.8) is 0 Å². The minimum Gasteiger partial charge on any atom is -0.366 e. The second-order valence-electron chi connectivity index (χ2n) is 6.91. The number of amides is 1. The van der Waals surface area contributed by atoms with Crippen LogP contribution in [0.25, 0.3) is 28.2 Å². The molecule has 3 nitrogen and oxygen atoms in total. The van der Waals surface area contributed by atoms with Crippen molar-refractivity contribution in [2.24, 2.45) is 5.73 Å². The molecular formula is C24H16BrF3N2O. The molecule has 0 fully saturated rings. The first-order valence-corrected chi connectivity index (χ1v) is 10.1. The van der Waals surface area contributed by atoms with Crippen LogP contribution in [0.2, 0.25) is 0 Å². The zero-order chi connectivity index (χ0) is 22.2. The highest BCUT2D eigenvalue weighted by molar-refractivity contribution is 9.10. The Morgan fingerprint density at radius 1 is 0.806 bits per heavy atom. The van der Waals surface area contributed by atoms with E-state index in [1.165, 1.54) is 12.1 Å².